The summed E-state index contributed by atoms with van der Waals surface area (Å²) in [5, 5.41) is 3.24. The molecule has 2 aliphatic carbocycles. The molecule has 1 N–H and O–H groups in total. The van der Waals surface area contributed by atoms with Gasteiger partial charge in [0.1, 0.15) is 0 Å². The average Bonchev–Trinajstić information content (AvgIpc) is 3.09. The first-order valence-corrected chi connectivity index (χ1v) is 8.45. The van der Waals surface area contributed by atoms with Crippen molar-refractivity contribution < 1.29 is 9.59 Å². The van der Waals surface area contributed by atoms with Crippen molar-refractivity contribution in [1.82, 2.24) is 15.1 Å². The Bertz CT molecular complexity index is 404. The topological polar surface area (TPSA) is 52.7 Å². The molecule has 0 aromatic carbocycles. The lowest BCUT2D eigenvalue weighted by atomic mass is 9.95. The first-order valence-electron chi connectivity index (χ1n) is 8.45. The molecule has 3 atom stereocenters. The second-order valence-corrected chi connectivity index (χ2v) is 6.86. The van der Waals surface area contributed by atoms with Gasteiger partial charge in [-0.2, -0.15) is 0 Å². The van der Waals surface area contributed by atoms with Crippen LogP contribution in [0.3, 0.4) is 0 Å². The van der Waals surface area contributed by atoms with Crippen LogP contribution in [0.2, 0.25) is 0 Å². The highest BCUT2D eigenvalue weighted by Gasteiger charge is 2.40. The van der Waals surface area contributed by atoms with Crippen molar-refractivity contribution in [2.24, 2.45) is 11.8 Å². The predicted octanol–water partition coefficient (Wildman–Crippen LogP) is 0.845. The Kier molecular flexibility index (Phi) is 4.48. The number of hydrogen-bond donors (Lipinski definition) is 1. The van der Waals surface area contributed by atoms with Gasteiger partial charge in [-0.3, -0.25) is 14.5 Å². The maximum atomic E-state index is 12.2. The Labute approximate surface area is 127 Å². The normalized spacial score (nSPS) is 32.4. The molecular formula is C16H27N3O2. The Hall–Kier alpha value is -1.10. The zero-order valence-electron chi connectivity index (χ0n) is 13.0. The predicted molar refractivity (Wildman–Crippen MR) is 80.7 cm³/mol. The molecular weight excluding hydrogens is 266 g/mol. The quantitative estimate of drug-likeness (QED) is 0.836. The monoisotopic (exact) mass is 293 g/mol. The summed E-state index contributed by atoms with van der Waals surface area (Å²) in [5.41, 5.74) is 0. The molecule has 21 heavy (non-hydrogen) atoms. The third kappa shape index (κ3) is 3.39. The molecule has 1 aliphatic heterocycles. The van der Waals surface area contributed by atoms with Gasteiger partial charge < -0.3 is 10.2 Å². The zero-order chi connectivity index (χ0) is 14.8. The van der Waals surface area contributed by atoms with Crippen LogP contribution in [0.1, 0.15) is 39.0 Å². The van der Waals surface area contributed by atoms with E-state index in [4.69, 9.17) is 0 Å². The molecule has 0 aromatic rings. The van der Waals surface area contributed by atoms with E-state index in [0.29, 0.717) is 19.0 Å². The highest BCUT2D eigenvalue weighted by molar-refractivity contribution is 5.78. The van der Waals surface area contributed by atoms with Crippen LogP contribution in [-0.2, 0) is 9.59 Å². The molecule has 1 saturated heterocycles. The van der Waals surface area contributed by atoms with E-state index in [1.54, 1.807) is 0 Å². The fraction of sp³-hybridized carbons (Fsp3) is 0.875. The van der Waals surface area contributed by atoms with Gasteiger partial charge in [0.05, 0.1) is 6.54 Å². The molecule has 0 spiro atoms. The molecule has 0 radical (unpaired) electrons. The lowest BCUT2D eigenvalue weighted by Gasteiger charge is -2.34. The number of amides is 2. The van der Waals surface area contributed by atoms with Crippen LogP contribution in [0, 0.1) is 11.8 Å². The summed E-state index contributed by atoms with van der Waals surface area (Å²) in [5.74, 6) is 1.99. The van der Waals surface area contributed by atoms with Gasteiger partial charge in [0.2, 0.25) is 11.8 Å². The van der Waals surface area contributed by atoms with Crippen molar-refractivity contribution >= 4 is 11.8 Å². The minimum atomic E-state index is 0.169. The van der Waals surface area contributed by atoms with E-state index in [0.717, 1.165) is 38.0 Å². The fourth-order valence-electron chi connectivity index (χ4n) is 4.26. The summed E-state index contributed by atoms with van der Waals surface area (Å²) in [6.45, 7) is 5.54. The molecule has 0 aromatic heterocycles. The number of fused-ring (bicyclic) bond motifs is 2. The maximum Gasteiger partial charge on any atom is 0.234 e. The van der Waals surface area contributed by atoms with E-state index in [1.807, 2.05) is 11.8 Å². The van der Waals surface area contributed by atoms with Crippen LogP contribution in [-0.4, -0.2) is 60.4 Å². The first-order chi connectivity index (χ1) is 10.2. The van der Waals surface area contributed by atoms with Crippen LogP contribution in [0.4, 0.5) is 0 Å². The third-order valence-electron chi connectivity index (χ3n) is 5.48. The summed E-state index contributed by atoms with van der Waals surface area (Å²) in [6.07, 6.45) is 5.75. The molecule has 2 saturated carbocycles. The molecule has 2 bridgehead atoms. The Morgan fingerprint density at radius 2 is 1.86 bits per heavy atom. The zero-order valence-corrected chi connectivity index (χ0v) is 13.0. The summed E-state index contributed by atoms with van der Waals surface area (Å²) < 4.78 is 0. The van der Waals surface area contributed by atoms with Gasteiger partial charge in [-0.15, -0.1) is 0 Å². The van der Waals surface area contributed by atoms with E-state index < -0.39 is 0 Å². The van der Waals surface area contributed by atoms with Crippen molar-refractivity contribution in [2.75, 3.05) is 32.7 Å². The van der Waals surface area contributed by atoms with Gasteiger partial charge in [-0.25, -0.2) is 0 Å². The standard InChI is InChI=1S/C16H27N3O2/c1-2-16(21)19-7-5-18(6-8-19)11-15(20)17-14-10-12-3-4-13(14)9-12/h12-14H,2-11H2,1H3,(H,17,20). The summed E-state index contributed by atoms with van der Waals surface area (Å²) in [7, 11) is 0. The van der Waals surface area contributed by atoms with Crippen LogP contribution < -0.4 is 5.32 Å². The Morgan fingerprint density at radius 3 is 2.43 bits per heavy atom. The molecule has 2 amide bonds. The highest BCUT2D eigenvalue weighted by Crippen LogP contribution is 2.44. The van der Waals surface area contributed by atoms with E-state index in [9.17, 15) is 9.59 Å². The largest absolute Gasteiger partial charge is 0.352 e. The number of rotatable bonds is 4. The van der Waals surface area contributed by atoms with Crippen LogP contribution in [0.25, 0.3) is 0 Å². The lowest BCUT2D eigenvalue weighted by Crippen LogP contribution is -2.52. The molecule has 3 fully saturated rings. The van der Waals surface area contributed by atoms with E-state index >= 15 is 0 Å². The average molecular weight is 293 g/mol. The van der Waals surface area contributed by atoms with Gasteiger partial charge in [0.15, 0.2) is 0 Å². The molecule has 5 nitrogen and oxygen atoms in total. The fourth-order valence-corrected chi connectivity index (χ4v) is 4.26. The Balaban J connectivity index is 1.39. The summed E-state index contributed by atoms with van der Waals surface area (Å²) in [6, 6.07) is 0.430. The SMILES string of the molecule is CCC(=O)N1CCN(CC(=O)NC2CC3CCC2C3)CC1. The van der Waals surface area contributed by atoms with Crippen molar-refractivity contribution in [2.45, 2.75) is 45.1 Å². The van der Waals surface area contributed by atoms with Crippen molar-refractivity contribution in [3.8, 4) is 0 Å². The second kappa shape index (κ2) is 6.34. The van der Waals surface area contributed by atoms with Gasteiger partial charge in [0, 0.05) is 38.6 Å². The molecule has 118 valence electrons. The van der Waals surface area contributed by atoms with Gasteiger partial charge in [-0.05, 0) is 31.1 Å². The van der Waals surface area contributed by atoms with E-state index in [2.05, 4.69) is 10.2 Å². The molecule has 1 heterocycles. The van der Waals surface area contributed by atoms with Crippen LogP contribution in [0.5, 0.6) is 0 Å². The molecule has 3 rings (SSSR count). The third-order valence-corrected chi connectivity index (χ3v) is 5.48. The second-order valence-electron chi connectivity index (χ2n) is 6.86. The van der Waals surface area contributed by atoms with Crippen LogP contribution >= 0.6 is 0 Å². The highest BCUT2D eigenvalue weighted by atomic mass is 16.2. The van der Waals surface area contributed by atoms with Crippen molar-refractivity contribution in [3.63, 3.8) is 0 Å². The maximum absolute atomic E-state index is 12.2. The summed E-state index contributed by atoms with van der Waals surface area (Å²) in [4.78, 5) is 27.9. The van der Waals surface area contributed by atoms with Crippen LogP contribution in [0.15, 0.2) is 0 Å². The smallest absolute Gasteiger partial charge is 0.234 e. The van der Waals surface area contributed by atoms with Gasteiger partial charge in [0.25, 0.3) is 0 Å². The number of carbonyl (C=O) groups excluding carboxylic acids is 2. The molecule has 5 heteroatoms. The van der Waals surface area contributed by atoms with E-state index in [1.165, 1.54) is 25.7 Å². The molecule has 3 aliphatic rings. The van der Waals surface area contributed by atoms with Crippen molar-refractivity contribution in [1.29, 1.82) is 0 Å². The Morgan fingerprint density at radius 1 is 1.10 bits per heavy atom. The van der Waals surface area contributed by atoms with E-state index in [-0.39, 0.29) is 11.8 Å². The minimum Gasteiger partial charge on any atom is -0.352 e. The molecule has 3 unspecified atom stereocenters. The van der Waals surface area contributed by atoms with Gasteiger partial charge >= 0.3 is 0 Å². The lowest BCUT2D eigenvalue weighted by molar-refractivity contribution is -0.133. The number of carbonyl (C=O) groups is 2. The number of nitrogens with one attached hydrogen (secondary N) is 1. The number of piperazine rings is 1. The van der Waals surface area contributed by atoms with Crippen molar-refractivity contribution in [3.05, 3.63) is 0 Å². The number of nitrogens with zero attached hydrogens (tertiary/aromatic N) is 2. The van der Waals surface area contributed by atoms with Gasteiger partial charge in [-0.1, -0.05) is 13.3 Å². The minimum absolute atomic E-state index is 0.169. The summed E-state index contributed by atoms with van der Waals surface area (Å²) >= 11 is 0. The first kappa shape index (κ1) is 14.8. The number of hydrogen-bond acceptors (Lipinski definition) is 3.